The molecule has 0 unspecified atom stereocenters. The number of rotatable bonds is 3. The summed E-state index contributed by atoms with van der Waals surface area (Å²) < 4.78 is 0. The molecule has 0 aliphatic rings. The molecule has 4 nitrogen and oxygen atoms in total. The smallest absolute Gasteiger partial charge is 0.115 e. The van der Waals surface area contributed by atoms with Crippen LogP contribution >= 0.6 is 0 Å². The molecule has 4 aromatic rings. The summed E-state index contributed by atoms with van der Waals surface area (Å²) in [5.74, 6) is 0. The van der Waals surface area contributed by atoms with Crippen LogP contribution in [0.15, 0.2) is 74.2 Å². The first-order chi connectivity index (χ1) is 11.3. The van der Waals surface area contributed by atoms with E-state index in [9.17, 15) is 0 Å². The van der Waals surface area contributed by atoms with E-state index >= 15 is 0 Å². The first-order valence-electron chi connectivity index (χ1n) is 7.29. The zero-order valence-corrected chi connectivity index (χ0v) is 12.4. The average molecular weight is 298 g/mol. The van der Waals surface area contributed by atoms with Crippen molar-refractivity contribution in [3.63, 3.8) is 0 Å². The second-order valence-corrected chi connectivity index (χ2v) is 5.31. The van der Waals surface area contributed by atoms with Gasteiger partial charge in [-0.25, -0.2) is 15.0 Å². The van der Waals surface area contributed by atoms with Gasteiger partial charge in [0.25, 0.3) is 0 Å². The van der Waals surface area contributed by atoms with E-state index in [1.54, 1.807) is 12.5 Å². The van der Waals surface area contributed by atoms with Crippen molar-refractivity contribution in [1.29, 1.82) is 0 Å². The van der Waals surface area contributed by atoms with Crippen molar-refractivity contribution in [2.75, 3.05) is 0 Å². The molecule has 0 spiro atoms. The van der Waals surface area contributed by atoms with Crippen LogP contribution in [-0.4, -0.2) is 19.9 Å². The molecule has 0 bridgehead atoms. The maximum Gasteiger partial charge on any atom is 0.115 e. The van der Waals surface area contributed by atoms with Crippen LogP contribution in [-0.2, 0) is 0 Å². The highest BCUT2D eigenvalue weighted by atomic mass is 14.9. The van der Waals surface area contributed by atoms with Crippen LogP contribution in [0, 0.1) is 0 Å². The van der Waals surface area contributed by atoms with Crippen LogP contribution < -0.4 is 0 Å². The molecule has 0 amide bonds. The van der Waals surface area contributed by atoms with Crippen molar-refractivity contribution in [1.82, 2.24) is 19.9 Å². The minimum absolute atomic E-state index is 0.922. The normalized spacial score (nSPS) is 10.8. The summed E-state index contributed by atoms with van der Waals surface area (Å²) in [7, 11) is 0. The van der Waals surface area contributed by atoms with Crippen molar-refractivity contribution in [3.8, 4) is 11.1 Å². The molecule has 4 heteroatoms. The second kappa shape index (κ2) is 5.50. The van der Waals surface area contributed by atoms with Gasteiger partial charge >= 0.3 is 0 Å². The van der Waals surface area contributed by atoms with Crippen LogP contribution in [0.2, 0.25) is 0 Å². The number of aromatic amines is 1. The number of nitrogens with zero attached hydrogens (tertiary/aromatic N) is 3. The molecule has 1 N–H and O–H groups in total. The minimum Gasteiger partial charge on any atom is -0.345 e. The summed E-state index contributed by atoms with van der Waals surface area (Å²) in [6.45, 7) is 4.22. The third-order valence-corrected chi connectivity index (χ3v) is 3.92. The van der Waals surface area contributed by atoms with E-state index < -0.39 is 0 Å². The van der Waals surface area contributed by atoms with Gasteiger partial charge in [0.1, 0.15) is 6.33 Å². The Labute approximate surface area is 133 Å². The van der Waals surface area contributed by atoms with Crippen molar-refractivity contribution >= 4 is 16.3 Å². The maximum atomic E-state index is 4.22. The van der Waals surface area contributed by atoms with Crippen molar-refractivity contribution < 1.29 is 0 Å². The molecule has 0 aliphatic heterocycles. The zero-order valence-electron chi connectivity index (χ0n) is 12.4. The van der Waals surface area contributed by atoms with E-state index in [2.05, 4.69) is 56.8 Å². The lowest BCUT2D eigenvalue weighted by molar-refractivity contribution is 1.17. The van der Waals surface area contributed by atoms with Gasteiger partial charge in [-0.05, 0) is 28.0 Å². The molecule has 0 atom stereocenters. The van der Waals surface area contributed by atoms with Crippen molar-refractivity contribution in [3.05, 3.63) is 85.5 Å². The highest BCUT2D eigenvalue weighted by Crippen LogP contribution is 2.31. The fourth-order valence-corrected chi connectivity index (χ4v) is 2.73. The monoisotopic (exact) mass is 298 g/mol. The van der Waals surface area contributed by atoms with Gasteiger partial charge in [0.05, 0.1) is 18.2 Å². The minimum atomic E-state index is 0.922. The molecular weight excluding hydrogens is 284 g/mol. The summed E-state index contributed by atoms with van der Waals surface area (Å²) in [6, 6.07) is 12.6. The average Bonchev–Trinajstić information content (AvgIpc) is 3.15. The lowest BCUT2D eigenvalue weighted by Gasteiger charge is -2.10. The van der Waals surface area contributed by atoms with Gasteiger partial charge in [0.15, 0.2) is 0 Å². The molecule has 0 saturated carbocycles. The third-order valence-electron chi connectivity index (χ3n) is 3.92. The van der Waals surface area contributed by atoms with Crippen molar-refractivity contribution in [2.45, 2.75) is 0 Å². The lowest BCUT2D eigenvalue weighted by atomic mass is 9.95. The van der Waals surface area contributed by atoms with Crippen LogP contribution in [0.5, 0.6) is 0 Å². The summed E-state index contributed by atoms with van der Waals surface area (Å²) in [6.07, 6.45) is 8.63. The zero-order chi connectivity index (χ0) is 15.6. The van der Waals surface area contributed by atoms with E-state index in [4.69, 9.17) is 0 Å². The van der Waals surface area contributed by atoms with Gasteiger partial charge in [-0.1, -0.05) is 36.9 Å². The standard InChI is InChI=1S/C19H14N4/c1-13(19-10-22-12-23-19)17-4-2-3-14-5-6-15(7-18(14)17)16-8-20-11-21-9-16/h2-12H,1H2,(H,22,23). The summed E-state index contributed by atoms with van der Waals surface area (Å²) >= 11 is 0. The molecule has 110 valence electrons. The van der Waals surface area contributed by atoms with E-state index in [0.717, 1.165) is 33.3 Å². The molecule has 2 aromatic heterocycles. The number of benzene rings is 2. The van der Waals surface area contributed by atoms with Crippen LogP contribution in [0.25, 0.3) is 27.5 Å². The Morgan fingerprint density at radius 2 is 1.78 bits per heavy atom. The number of imidazole rings is 1. The van der Waals surface area contributed by atoms with E-state index in [-0.39, 0.29) is 0 Å². The summed E-state index contributed by atoms with van der Waals surface area (Å²) in [4.78, 5) is 15.4. The molecule has 2 aromatic carbocycles. The number of H-pyrrole nitrogens is 1. The van der Waals surface area contributed by atoms with Crippen LogP contribution in [0.4, 0.5) is 0 Å². The molecule has 0 saturated heterocycles. The number of fused-ring (bicyclic) bond motifs is 1. The molecule has 0 aliphatic carbocycles. The van der Waals surface area contributed by atoms with Crippen LogP contribution in [0.3, 0.4) is 0 Å². The lowest BCUT2D eigenvalue weighted by Crippen LogP contribution is -1.90. The largest absolute Gasteiger partial charge is 0.345 e. The Kier molecular flexibility index (Phi) is 3.20. The van der Waals surface area contributed by atoms with Gasteiger partial charge in [-0.15, -0.1) is 0 Å². The Bertz CT molecular complexity index is 973. The Morgan fingerprint density at radius 3 is 2.57 bits per heavy atom. The Morgan fingerprint density at radius 1 is 0.913 bits per heavy atom. The van der Waals surface area contributed by atoms with Crippen molar-refractivity contribution in [2.24, 2.45) is 0 Å². The number of aromatic nitrogens is 4. The summed E-state index contributed by atoms with van der Waals surface area (Å²) in [5, 5.41) is 2.32. The maximum absolute atomic E-state index is 4.22. The number of hydrogen-bond acceptors (Lipinski definition) is 3. The first-order valence-corrected chi connectivity index (χ1v) is 7.29. The molecule has 0 fully saturated rings. The summed E-state index contributed by atoms with van der Waals surface area (Å²) in [5.41, 5.74) is 5.02. The first kappa shape index (κ1) is 13.4. The quantitative estimate of drug-likeness (QED) is 0.620. The molecule has 2 heterocycles. The van der Waals surface area contributed by atoms with Gasteiger partial charge in [-0.3, -0.25) is 0 Å². The fourth-order valence-electron chi connectivity index (χ4n) is 2.73. The Hall–Kier alpha value is -3.27. The molecular formula is C19H14N4. The number of nitrogens with one attached hydrogen (secondary N) is 1. The third kappa shape index (κ3) is 2.40. The van der Waals surface area contributed by atoms with E-state index in [1.807, 2.05) is 18.5 Å². The van der Waals surface area contributed by atoms with E-state index in [0.29, 0.717) is 0 Å². The fraction of sp³-hybridized carbons (Fsp3) is 0. The predicted molar refractivity (Wildman–Crippen MR) is 91.7 cm³/mol. The SMILES string of the molecule is C=C(c1cnc[nH]1)c1cccc2ccc(-c3cncnc3)cc12. The van der Waals surface area contributed by atoms with Gasteiger partial charge in [0, 0.05) is 23.5 Å². The second-order valence-electron chi connectivity index (χ2n) is 5.31. The van der Waals surface area contributed by atoms with Gasteiger partial charge < -0.3 is 4.98 Å². The Balaban J connectivity index is 1.90. The molecule has 4 rings (SSSR count). The predicted octanol–water partition coefficient (Wildman–Crippen LogP) is 4.08. The molecule has 23 heavy (non-hydrogen) atoms. The topological polar surface area (TPSA) is 54.5 Å². The van der Waals surface area contributed by atoms with Gasteiger partial charge in [-0.2, -0.15) is 0 Å². The highest BCUT2D eigenvalue weighted by molar-refractivity contribution is 5.98. The van der Waals surface area contributed by atoms with Crippen LogP contribution in [0.1, 0.15) is 11.3 Å². The molecule has 0 radical (unpaired) electrons. The van der Waals surface area contributed by atoms with Gasteiger partial charge in [0.2, 0.25) is 0 Å². The van der Waals surface area contributed by atoms with E-state index in [1.165, 1.54) is 11.7 Å². The number of hydrogen-bond donors (Lipinski definition) is 1. The highest BCUT2D eigenvalue weighted by Gasteiger charge is 2.09.